The van der Waals surface area contributed by atoms with Crippen molar-refractivity contribution in [1.29, 1.82) is 0 Å². The molecule has 124 valence electrons. The topological polar surface area (TPSA) is 55.1 Å². The summed E-state index contributed by atoms with van der Waals surface area (Å²) in [5.41, 5.74) is 4.20. The van der Waals surface area contributed by atoms with E-state index >= 15 is 0 Å². The summed E-state index contributed by atoms with van der Waals surface area (Å²) in [5.74, 6) is 0. The molecule has 1 aliphatic rings. The molecule has 1 saturated heterocycles. The maximum atomic E-state index is 4.90. The van der Waals surface area contributed by atoms with Crippen molar-refractivity contribution >= 4 is 5.65 Å². The lowest BCUT2D eigenvalue weighted by molar-refractivity contribution is 0.196. The number of hydrogen-bond acceptors (Lipinski definition) is 4. The summed E-state index contributed by atoms with van der Waals surface area (Å²) in [6.07, 6.45) is 12.3. The van der Waals surface area contributed by atoms with Crippen molar-refractivity contribution in [2.75, 3.05) is 13.1 Å². The monoisotopic (exact) mass is 321 g/mol. The summed E-state index contributed by atoms with van der Waals surface area (Å²) in [6.45, 7) is 4.50. The highest BCUT2D eigenvalue weighted by Crippen LogP contribution is 2.33. The van der Waals surface area contributed by atoms with Gasteiger partial charge in [0.25, 0.3) is 0 Å². The van der Waals surface area contributed by atoms with Crippen molar-refractivity contribution in [1.82, 2.24) is 24.7 Å². The smallest absolute Gasteiger partial charge is 0.137 e. The number of aromatic nitrogens is 4. The summed E-state index contributed by atoms with van der Waals surface area (Å²) < 4.78 is 2.06. The van der Waals surface area contributed by atoms with Crippen molar-refractivity contribution in [2.24, 2.45) is 5.41 Å². The van der Waals surface area contributed by atoms with Gasteiger partial charge in [0, 0.05) is 18.9 Å². The van der Waals surface area contributed by atoms with Gasteiger partial charge < -0.3 is 5.32 Å². The SMILES string of the molecule is CCC1(Cc2cncc(-c3cnc4ccccn34)n2)CCCNC1. The van der Waals surface area contributed by atoms with E-state index in [9.17, 15) is 0 Å². The fourth-order valence-corrected chi connectivity index (χ4v) is 3.73. The molecule has 5 heteroatoms. The Morgan fingerprint density at radius 1 is 1.25 bits per heavy atom. The Morgan fingerprint density at radius 2 is 2.21 bits per heavy atom. The van der Waals surface area contributed by atoms with Crippen LogP contribution in [0, 0.1) is 5.41 Å². The Morgan fingerprint density at radius 3 is 3.04 bits per heavy atom. The highest BCUT2D eigenvalue weighted by atomic mass is 15.0. The van der Waals surface area contributed by atoms with Gasteiger partial charge in [0.2, 0.25) is 0 Å². The first kappa shape index (κ1) is 15.3. The lowest BCUT2D eigenvalue weighted by atomic mass is 9.75. The van der Waals surface area contributed by atoms with Crippen molar-refractivity contribution in [3.8, 4) is 11.4 Å². The van der Waals surface area contributed by atoms with E-state index in [0.29, 0.717) is 5.41 Å². The molecule has 0 radical (unpaired) electrons. The molecule has 1 fully saturated rings. The minimum atomic E-state index is 0.311. The van der Waals surface area contributed by atoms with Crippen LogP contribution in [-0.4, -0.2) is 32.4 Å². The van der Waals surface area contributed by atoms with Crippen LogP contribution in [0.4, 0.5) is 0 Å². The molecule has 1 aliphatic heterocycles. The number of nitrogens with one attached hydrogen (secondary N) is 1. The zero-order chi connectivity index (χ0) is 16.4. The predicted molar refractivity (Wildman–Crippen MR) is 94.7 cm³/mol. The Bertz CT molecular complexity index is 832. The molecule has 0 spiro atoms. The van der Waals surface area contributed by atoms with Crippen LogP contribution in [0.1, 0.15) is 31.9 Å². The molecule has 0 aliphatic carbocycles. The third-order valence-electron chi connectivity index (χ3n) is 5.23. The van der Waals surface area contributed by atoms with E-state index in [1.807, 2.05) is 43.0 Å². The van der Waals surface area contributed by atoms with Crippen LogP contribution in [0.25, 0.3) is 17.0 Å². The predicted octanol–water partition coefficient (Wildman–Crippen LogP) is 3.11. The van der Waals surface area contributed by atoms with Gasteiger partial charge in [0.05, 0.1) is 23.8 Å². The van der Waals surface area contributed by atoms with E-state index in [2.05, 4.69) is 26.6 Å². The van der Waals surface area contributed by atoms with Crippen LogP contribution in [-0.2, 0) is 6.42 Å². The molecule has 1 N–H and O–H groups in total. The lowest BCUT2D eigenvalue weighted by Gasteiger charge is -2.36. The van der Waals surface area contributed by atoms with E-state index in [4.69, 9.17) is 4.98 Å². The Balaban J connectivity index is 1.66. The highest BCUT2D eigenvalue weighted by molar-refractivity contribution is 5.59. The Kier molecular flexibility index (Phi) is 4.02. The first-order valence-electron chi connectivity index (χ1n) is 8.74. The largest absolute Gasteiger partial charge is 0.316 e. The lowest BCUT2D eigenvalue weighted by Crippen LogP contribution is -2.41. The molecule has 0 bridgehead atoms. The van der Waals surface area contributed by atoms with E-state index in [-0.39, 0.29) is 0 Å². The number of rotatable bonds is 4. The van der Waals surface area contributed by atoms with Crippen molar-refractivity contribution in [3.63, 3.8) is 0 Å². The van der Waals surface area contributed by atoms with E-state index < -0.39 is 0 Å². The molecule has 24 heavy (non-hydrogen) atoms. The normalized spacial score (nSPS) is 21.2. The number of nitrogens with zero attached hydrogens (tertiary/aromatic N) is 4. The minimum absolute atomic E-state index is 0.311. The third kappa shape index (κ3) is 2.80. The summed E-state index contributed by atoms with van der Waals surface area (Å²) in [7, 11) is 0. The van der Waals surface area contributed by atoms with Gasteiger partial charge in [0.1, 0.15) is 11.3 Å². The molecule has 3 aromatic heterocycles. The summed E-state index contributed by atoms with van der Waals surface area (Å²) >= 11 is 0. The number of fused-ring (bicyclic) bond motifs is 1. The average molecular weight is 321 g/mol. The molecular formula is C19H23N5. The molecule has 3 aromatic rings. The van der Waals surface area contributed by atoms with Gasteiger partial charge in [-0.25, -0.2) is 9.97 Å². The number of hydrogen-bond donors (Lipinski definition) is 1. The van der Waals surface area contributed by atoms with Gasteiger partial charge in [-0.1, -0.05) is 13.0 Å². The Labute approximate surface area is 142 Å². The van der Waals surface area contributed by atoms with Crippen molar-refractivity contribution in [3.05, 3.63) is 48.7 Å². The number of pyridine rings is 1. The molecule has 0 saturated carbocycles. The molecular weight excluding hydrogens is 298 g/mol. The van der Waals surface area contributed by atoms with Crippen LogP contribution in [0.3, 0.4) is 0 Å². The van der Waals surface area contributed by atoms with Gasteiger partial charge >= 0.3 is 0 Å². The number of piperidine rings is 1. The quantitative estimate of drug-likeness (QED) is 0.802. The maximum absolute atomic E-state index is 4.90. The molecule has 1 unspecified atom stereocenters. The summed E-state index contributed by atoms with van der Waals surface area (Å²) in [4.78, 5) is 13.8. The van der Waals surface area contributed by atoms with Crippen LogP contribution >= 0.6 is 0 Å². The van der Waals surface area contributed by atoms with Crippen LogP contribution < -0.4 is 5.32 Å². The first-order valence-corrected chi connectivity index (χ1v) is 8.74. The van der Waals surface area contributed by atoms with Crippen LogP contribution in [0.15, 0.2) is 43.0 Å². The molecule has 0 aromatic carbocycles. The van der Waals surface area contributed by atoms with Crippen LogP contribution in [0.5, 0.6) is 0 Å². The average Bonchev–Trinajstić information content (AvgIpc) is 3.07. The van der Waals surface area contributed by atoms with Gasteiger partial charge in [-0.15, -0.1) is 0 Å². The molecule has 4 heterocycles. The van der Waals surface area contributed by atoms with Gasteiger partial charge in [-0.05, 0) is 49.8 Å². The fraction of sp³-hybridized carbons (Fsp3) is 0.421. The summed E-state index contributed by atoms with van der Waals surface area (Å²) in [6, 6.07) is 6.01. The van der Waals surface area contributed by atoms with Crippen molar-refractivity contribution < 1.29 is 0 Å². The molecule has 4 rings (SSSR count). The van der Waals surface area contributed by atoms with Gasteiger partial charge in [0.15, 0.2) is 0 Å². The highest BCUT2D eigenvalue weighted by Gasteiger charge is 2.31. The van der Waals surface area contributed by atoms with E-state index in [1.165, 1.54) is 19.3 Å². The second-order valence-electron chi connectivity index (χ2n) is 6.78. The van der Waals surface area contributed by atoms with Crippen LogP contribution in [0.2, 0.25) is 0 Å². The first-order chi connectivity index (χ1) is 11.8. The van der Waals surface area contributed by atoms with E-state index in [0.717, 1.165) is 42.2 Å². The van der Waals surface area contributed by atoms with Crippen molar-refractivity contribution in [2.45, 2.75) is 32.6 Å². The maximum Gasteiger partial charge on any atom is 0.137 e. The molecule has 5 nitrogen and oxygen atoms in total. The number of imidazole rings is 1. The Hall–Kier alpha value is -2.27. The zero-order valence-electron chi connectivity index (χ0n) is 14.1. The molecule has 1 atom stereocenters. The third-order valence-corrected chi connectivity index (χ3v) is 5.23. The van der Waals surface area contributed by atoms with Gasteiger partial charge in [-0.2, -0.15) is 0 Å². The minimum Gasteiger partial charge on any atom is -0.316 e. The second-order valence-corrected chi connectivity index (χ2v) is 6.78. The standard InChI is InChI=1S/C19H23N5/c1-2-19(7-5-8-20-14-19)10-15-11-21-12-16(23-15)17-13-22-18-6-3-4-9-24(17)18/h3-4,6,9,11-13,20H,2,5,7-8,10,14H2,1H3. The zero-order valence-corrected chi connectivity index (χ0v) is 14.1. The second kappa shape index (κ2) is 6.32. The summed E-state index contributed by atoms with van der Waals surface area (Å²) in [5, 5.41) is 3.55. The van der Waals surface area contributed by atoms with E-state index in [1.54, 1.807) is 0 Å². The fourth-order valence-electron chi connectivity index (χ4n) is 3.73. The molecule has 0 amide bonds. The van der Waals surface area contributed by atoms with Gasteiger partial charge in [-0.3, -0.25) is 9.38 Å².